The van der Waals surface area contributed by atoms with E-state index in [0.29, 0.717) is 35.7 Å². The van der Waals surface area contributed by atoms with Crippen molar-refractivity contribution < 1.29 is 33.3 Å². The number of carboxylic acid groups (broad SMARTS) is 1. The molecule has 0 unspecified atom stereocenters. The van der Waals surface area contributed by atoms with Gasteiger partial charge in [-0.05, 0) is 35.2 Å². The Kier molecular flexibility index (Phi) is 8.12. The summed E-state index contributed by atoms with van der Waals surface area (Å²) >= 11 is 0. The maximum Gasteiger partial charge on any atom is 0.323 e. The van der Waals surface area contributed by atoms with E-state index in [4.69, 9.17) is 19.6 Å². The Morgan fingerprint density at radius 2 is 1.89 bits per heavy atom. The van der Waals surface area contributed by atoms with E-state index in [1.807, 2.05) is 13.8 Å². The van der Waals surface area contributed by atoms with E-state index in [9.17, 15) is 14.7 Å². The summed E-state index contributed by atoms with van der Waals surface area (Å²) in [7, 11) is 2.73. The van der Waals surface area contributed by atoms with E-state index >= 15 is 4.39 Å². The summed E-state index contributed by atoms with van der Waals surface area (Å²) in [5, 5.41) is 17.8. The predicted octanol–water partition coefficient (Wildman–Crippen LogP) is 3.85. The fourth-order valence-electron chi connectivity index (χ4n) is 4.55. The lowest BCUT2D eigenvalue weighted by Crippen LogP contribution is -2.37. The molecule has 0 saturated carbocycles. The third-order valence-electron chi connectivity index (χ3n) is 6.26. The molecule has 0 amide bonds. The number of amidine groups is 1. The normalized spacial score (nSPS) is 14.1. The number of carbonyl (C=O) groups excluding carboxylic acids is 1. The van der Waals surface area contributed by atoms with Gasteiger partial charge in [-0.2, -0.15) is 0 Å². The summed E-state index contributed by atoms with van der Waals surface area (Å²) in [5.41, 5.74) is 2.37. The van der Waals surface area contributed by atoms with E-state index in [-0.39, 0.29) is 71.2 Å². The van der Waals surface area contributed by atoms with E-state index in [2.05, 4.69) is 0 Å². The lowest BCUT2D eigenvalue weighted by Gasteiger charge is -2.32. The molecule has 0 spiro atoms. The van der Waals surface area contributed by atoms with Crippen LogP contribution in [0.5, 0.6) is 17.2 Å². The number of ketones is 1. The van der Waals surface area contributed by atoms with Crippen LogP contribution in [0.15, 0.2) is 18.2 Å². The maximum atomic E-state index is 15.1. The molecule has 0 fully saturated rings. The minimum absolute atomic E-state index is 0. The number of anilines is 1. The van der Waals surface area contributed by atoms with Gasteiger partial charge in [-0.3, -0.25) is 15.0 Å². The molecule has 2 heterocycles. The summed E-state index contributed by atoms with van der Waals surface area (Å²) in [5.74, 6) is -1.29. The fourth-order valence-corrected chi connectivity index (χ4v) is 4.55. The van der Waals surface area contributed by atoms with Gasteiger partial charge >= 0.3 is 5.97 Å². The second kappa shape index (κ2) is 10.7. The number of nitrogens with one attached hydrogen (secondary N) is 1. The van der Waals surface area contributed by atoms with E-state index in [0.717, 1.165) is 5.56 Å². The average molecular weight is 566 g/mol. The number of carbonyl (C=O) groups is 2. The second-order valence-electron chi connectivity index (χ2n) is 8.82. The van der Waals surface area contributed by atoms with Gasteiger partial charge in [-0.15, -0.1) is 17.0 Å². The van der Waals surface area contributed by atoms with Crippen molar-refractivity contribution in [3.05, 3.63) is 46.3 Å². The number of aliphatic carboxylic acids is 1. The van der Waals surface area contributed by atoms with Crippen LogP contribution in [0.25, 0.3) is 0 Å². The van der Waals surface area contributed by atoms with Gasteiger partial charge in [0, 0.05) is 12.1 Å². The Morgan fingerprint density at radius 3 is 2.50 bits per heavy atom. The first-order valence-electron chi connectivity index (χ1n) is 11.2. The number of nitrogens with zero attached hydrogens (tertiary/aromatic N) is 2. The van der Waals surface area contributed by atoms with E-state index < -0.39 is 11.8 Å². The van der Waals surface area contributed by atoms with Crippen molar-refractivity contribution in [2.75, 3.05) is 45.4 Å². The molecule has 2 aliphatic rings. The Bertz CT molecular complexity index is 1220. The number of benzene rings is 2. The Morgan fingerprint density at radius 1 is 1.17 bits per heavy atom. The van der Waals surface area contributed by atoms with Gasteiger partial charge in [-0.25, -0.2) is 4.39 Å². The highest BCUT2D eigenvalue weighted by Gasteiger charge is 2.33. The standard InChI is InChI=1S/C25H28FN3O6.BrH/c1-13(2)16-7-14(8-17-23(16)35-6-5-28(17)12-20(31)32)18(30)11-29-10-15-9-19(33-3)24(34-4)22(26)21(15)25(29)27;/h7-9,13,27H,5-6,10-12H2,1-4H3,(H,31,32);1H. The molecular weight excluding hydrogens is 537 g/mol. The van der Waals surface area contributed by atoms with Crippen molar-refractivity contribution in [2.24, 2.45) is 0 Å². The number of rotatable bonds is 8. The first-order valence-corrected chi connectivity index (χ1v) is 11.2. The summed E-state index contributed by atoms with van der Waals surface area (Å²) in [4.78, 5) is 27.9. The zero-order chi connectivity index (χ0) is 25.4. The summed E-state index contributed by atoms with van der Waals surface area (Å²) in [6.07, 6.45) is 0. The Balaban J connectivity index is 0.00000361. The smallest absolute Gasteiger partial charge is 0.323 e. The van der Waals surface area contributed by atoms with Gasteiger partial charge in [-0.1, -0.05) is 13.8 Å². The number of fused-ring (bicyclic) bond motifs is 2. The van der Waals surface area contributed by atoms with Crippen molar-refractivity contribution in [1.82, 2.24) is 4.90 Å². The molecular formula is C25H29BrFN3O6. The molecule has 11 heteroatoms. The summed E-state index contributed by atoms with van der Waals surface area (Å²) in [6.45, 7) is 4.51. The highest BCUT2D eigenvalue weighted by Crippen LogP contribution is 2.41. The van der Waals surface area contributed by atoms with E-state index in [1.54, 1.807) is 23.1 Å². The van der Waals surface area contributed by atoms with Gasteiger partial charge in [0.25, 0.3) is 0 Å². The predicted molar refractivity (Wildman–Crippen MR) is 137 cm³/mol. The van der Waals surface area contributed by atoms with Crippen LogP contribution in [-0.4, -0.2) is 68.1 Å². The zero-order valence-corrected chi connectivity index (χ0v) is 22.2. The largest absolute Gasteiger partial charge is 0.493 e. The monoisotopic (exact) mass is 565 g/mol. The fraction of sp³-hybridized carbons (Fsp3) is 0.400. The lowest BCUT2D eigenvalue weighted by atomic mass is 9.95. The summed E-state index contributed by atoms with van der Waals surface area (Å²) in [6, 6.07) is 5.02. The van der Waals surface area contributed by atoms with Gasteiger partial charge in [0.1, 0.15) is 24.7 Å². The highest BCUT2D eigenvalue weighted by molar-refractivity contribution is 8.93. The van der Waals surface area contributed by atoms with Crippen molar-refractivity contribution >= 4 is 40.3 Å². The second-order valence-corrected chi connectivity index (χ2v) is 8.82. The molecule has 2 N–H and O–H groups in total. The number of halogens is 2. The van der Waals surface area contributed by atoms with Crippen LogP contribution in [0.3, 0.4) is 0 Å². The zero-order valence-electron chi connectivity index (χ0n) is 20.5. The maximum absolute atomic E-state index is 15.1. The number of Topliss-reactive ketones (excluding diaryl/α,β-unsaturated/α-hetero) is 1. The molecule has 0 aromatic heterocycles. The number of methoxy groups -OCH3 is 2. The minimum atomic E-state index is -0.975. The number of ether oxygens (including phenoxy) is 3. The molecule has 4 rings (SSSR count). The first-order chi connectivity index (χ1) is 16.7. The molecule has 2 aromatic rings. The quantitative estimate of drug-likeness (QED) is 0.464. The average Bonchev–Trinajstić information content (AvgIpc) is 3.12. The van der Waals surface area contributed by atoms with Crippen LogP contribution in [-0.2, 0) is 11.3 Å². The van der Waals surface area contributed by atoms with Gasteiger partial charge in [0.05, 0.1) is 38.6 Å². The Hall–Kier alpha value is -3.34. The molecule has 9 nitrogen and oxygen atoms in total. The van der Waals surface area contributed by atoms with Crippen LogP contribution in [0.2, 0.25) is 0 Å². The Labute approximate surface area is 219 Å². The first kappa shape index (κ1) is 27.3. The van der Waals surface area contributed by atoms with Crippen molar-refractivity contribution in [1.29, 1.82) is 5.41 Å². The van der Waals surface area contributed by atoms with Gasteiger partial charge < -0.3 is 29.1 Å². The molecule has 36 heavy (non-hydrogen) atoms. The number of hydrogen-bond donors (Lipinski definition) is 2. The number of hydrogen-bond acceptors (Lipinski definition) is 7. The molecule has 0 aliphatic carbocycles. The van der Waals surface area contributed by atoms with Crippen LogP contribution < -0.4 is 19.1 Å². The molecule has 2 aliphatic heterocycles. The van der Waals surface area contributed by atoms with Crippen molar-refractivity contribution in [3.63, 3.8) is 0 Å². The molecule has 0 saturated heterocycles. The molecule has 0 bridgehead atoms. The minimum Gasteiger partial charge on any atom is -0.493 e. The van der Waals surface area contributed by atoms with Gasteiger partial charge in [0.2, 0.25) is 0 Å². The van der Waals surface area contributed by atoms with Crippen molar-refractivity contribution in [3.8, 4) is 17.2 Å². The van der Waals surface area contributed by atoms with E-state index in [1.165, 1.54) is 19.1 Å². The van der Waals surface area contributed by atoms with Crippen LogP contribution in [0, 0.1) is 11.2 Å². The third kappa shape index (κ3) is 4.84. The molecule has 194 valence electrons. The third-order valence-corrected chi connectivity index (χ3v) is 6.26. The molecule has 0 atom stereocenters. The number of carboxylic acids is 1. The topological polar surface area (TPSA) is 112 Å². The molecule has 2 aromatic carbocycles. The lowest BCUT2D eigenvalue weighted by molar-refractivity contribution is -0.135. The van der Waals surface area contributed by atoms with Crippen molar-refractivity contribution in [2.45, 2.75) is 26.3 Å². The highest BCUT2D eigenvalue weighted by atomic mass is 79.9. The van der Waals surface area contributed by atoms with Crippen LogP contribution >= 0.6 is 17.0 Å². The SMILES string of the molecule is Br.COc1cc2c(c(F)c1OC)C(=N)N(CC(=O)c1cc(C(C)C)c3c(c1)N(CC(=O)O)CCO3)C2. The van der Waals surface area contributed by atoms with Gasteiger partial charge in [0.15, 0.2) is 23.1 Å². The van der Waals surface area contributed by atoms with Crippen LogP contribution in [0.4, 0.5) is 10.1 Å². The van der Waals surface area contributed by atoms with Crippen LogP contribution in [0.1, 0.15) is 46.8 Å². The summed E-state index contributed by atoms with van der Waals surface area (Å²) < 4.78 is 31.2. The molecule has 0 radical (unpaired) electrons.